The minimum absolute atomic E-state index is 0.00819. The molecule has 0 aliphatic heterocycles. The Kier molecular flexibility index (Phi) is 8.10. The van der Waals surface area contributed by atoms with E-state index in [9.17, 15) is 14.4 Å². The maximum atomic E-state index is 11.4. The first-order valence-corrected chi connectivity index (χ1v) is 5.88. The summed E-state index contributed by atoms with van der Waals surface area (Å²) in [7, 11) is 0. The molecule has 0 aromatic heterocycles. The highest BCUT2D eigenvalue weighted by Gasteiger charge is 2.12. The van der Waals surface area contributed by atoms with Crippen molar-refractivity contribution >= 4 is 23.4 Å². The van der Waals surface area contributed by atoms with E-state index in [1.54, 1.807) is 6.92 Å². The molecule has 0 radical (unpaired) electrons. The summed E-state index contributed by atoms with van der Waals surface area (Å²) in [5, 5.41) is 16.9. The third-order valence-corrected chi connectivity index (χ3v) is 1.82. The molecule has 8 heteroatoms. The molecule has 0 saturated carbocycles. The number of hydrogen-bond acceptors (Lipinski definition) is 5. The summed E-state index contributed by atoms with van der Waals surface area (Å²) in [6, 6.07) is 0.0270. The normalized spacial score (nSPS) is 11.1. The van der Waals surface area contributed by atoms with Gasteiger partial charge < -0.3 is 15.7 Å². The van der Waals surface area contributed by atoms with Crippen LogP contribution in [0, 0.1) is 0 Å². The molecule has 0 fully saturated rings. The van der Waals surface area contributed by atoms with Crippen molar-refractivity contribution in [1.82, 2.24) is 16.1 Å². The molecule has 3 amide bonds. The molecular formula is C11H20N4O4. The van der Waals surface area contributed by atoms with Gasteiger partial charge in [0.15, 0.2) is 0 Å². The van der Waals surface area contributed by atoms with E-state index in [1.807, 2.05) is 19.3 Å². The first-order chi connectivity index (χ1) is 8.86. The van der Waals surface area contributed by atoms with Gasteiger partial charge in [-0.15, -0.1) is 0 Å². The molecule has 108 valence electrons. The lowest BCUT2D eigenvalue weighted by Crippen LogP contribution is -2.39. The molecule has 0 saturated heterocycles. The number of hydrazone groups is 1. The van der Waals surface area contributed by atoms with Crippen LogP contribution in [0.3, 0.4) is 0 Å². The highest BCUT2D eigenvalue weighted by Crippen LogP contribution is 1.88. The Morgan fingerprint density at radius 3 is 2.37 bits per heavy atom. The van der Waals surface area contributed by atoms with Crippen molar-refractivity contribution in [2.75, 3.05) is 13.2 Å². The number of hydrogen-bond donors (Lipinski definition) is 4. The predicted octanol–water partition coefficient (Wildman–Crippen LogP) is -1.50. The summed E-state index contributed by atoms with van der Waals surface area (Å²) in [5.41, 5.74) is 2.40. The summed E-state index contributed by atoms with van der Waals surface area (Å²) in [4.78, 5) is 33.7. The topological polar surface area (TPSA) is 120 Å². The van der Waals surface area contributed by atoms with Crippen molar-refractivity contribution in [3.63, 3.8) is 0 Å². The highest BCUT2D eigenvalue weighted by atomic mass is 16.3. The third kappa shape index (κ3) is 8.72. The molecule has 0 aromatic carbocycles. The van der Waals surface area contributed by atoms with Crippen LogP contribution in [0.4, 0.5) is 0 Å². The first-order valence-electron chi connectivity index (χ1n) is 5.88. The van der Waals surface area contributed by atoms with Gasteiger partial charge in [-0.1, -0.05) is 0 Å². The fourth-order valence-corrected chi connectivity index (χ4v) is 1.09. The Hall–Kier alpha value is -1.96. The van der Waals surface area contributed by atoms with Crippen LogP contribution in [0.1, 0.15) is 27.2 Å². The Labute approximate surface area is 111 Å². The molecule has 0 aliphatic rings. The van der Waals surface area contributed by atoms with E-state index in [-0.39, 0.29) is 31.5 Å². The van der Waals surface area contributed by atoms with Crippen molar-refractivity contribution < 1.29 is 19.5 Å². The van der Waals surface area contributed by atoms with Gasteiger partial charge in [0.1, 0.15) is 0 Å². The standard InChI is InChI=1S/C11H20N4O4/c1-7(2)13-9(17)6-8(3)14-15-11(19)10(18)12-4-5-16/h7,16H,4-6H2,1-3H3,(H,12,18)(H,13,17)(H,15,19)/b14-8+. The van der Waals surface area contributed by atoms with Gasteiger partial charge in [0.25, 0.3) is 0 Å². The summed E-state index contributed by atoms with van der Waals surface area (Å²) >= 11 is 0. The van der Waals surface area contributed by atoms with Crippen molar-refractivity contribution in [2.45, 2.75) is 33.2 Å². The van der Waals surface area contributed by atoms with Crippen LogP contribution in [0.25, 0.3) is 0 Å². The first kappa shape index (κ1) is 17.0. The van der Waals surface area contributed by atoms with Gasteiger partial charge in [0.05, 0.1) is 13.0 Å². The fourth-order valence-electron chi connectivity index (χ4n) is 1.09. The summed E-state index contributed by atoms with van der Waals surface area (Å²) in [5.74, 6) is -2.05. The molecule has 0 atom stereocenters. The van der Waals surface area contributed by atoms with E-state index in [0.29, 0.717) is 5.71 Å². The average molecular weight is 272 g/mol. The van der Waals surface area contributed by atoms with Gasteiger partial charge in [-0.05, 0) is 20.8 Å². The maximum absolute atomic E-state index is 11.4. The van der Waals surface area contributed by atoms with Gasteiger partial charge >= 0.3 is 11.8 Å². The number of aliphatic hydroxyl groups excluding tert-OH is 1. The number of nitrogens with zero attached hydrogens (tertiary/aromatic N) is 1. The predicted molar refractivity (Wildman–Crippen MR) is 69.2 cm³/mol. The lowest BCUT2D eigenvalue weighted by Gasteiger charge is -2.07. The highest BCUT2D eigenvalue weighted by molar-refractivity contribution is 6.35. The zero-order chi connectivity index (χ0) is 14.8. The lowest BCUT2D eigenvalue weighted by molar-refractivity contribution is -0.139. The molecule has 4 N–H and O–H groups in total. The minimum atomic E-state index is -0.947. The second-order valence-electron chi connectivity index (χ2n) is 4.17. The van der Waals surface area contributed by atoms with Gasteiger partial charge in [0.2, 0.25) is 5.91 Å². The molecular weight excluding hydrogens is 252 g/mol. The monoisotopic (exact) mass is 272 g/mol. The average Bonchev–Trinajstić information content (AvgIpc) is 2.31. The van der Waals surface area contributed by atoms with Crippen LogP contribution in [0.2, 0.25) is 0 Å². The molecule has 0 spiro atoms. The Balaban J connectivity index is 4.13. The summed E-state index contributed by atoms with van der Waals surface area (Å²) in [6.07, 6.45) is 0.0384. The van der Waals surface area contributed by atoms with Gasteiger partial charge in [-0.2, -0.15) is 5.10 Å². The van der Waals surface area contributed by atoms with Crippen LogP contribution in [0.5, 0.6) is 0 Å². The smallest absolute Gasteiger partial charge is 0.329 e. The maximum Gasteiger partial charge on any atom is 0.329 e. The van der Waals surface area contributed by atoms with Gasteiger partial charge in [0, 0.05) is 18.3 Å². The van der Waals surface area contributed by atoms with E-state index in [1.165, 1.54) is 0 Å². The number of carbonyl (C=O) groups is 3. The molecule has 0 aromatic rings. The number of aliphatic hydroxyl groups is 1. The lowest BCUT2D eigenvalue weighted by atomic mass is 10.2. The van der Waals surface area contributed by atoms with Gasteiger partial charge in [-0.25, -0.2) is 5.43 Å². The molecule has 0 aliphatic carbocycles. The number of nitrogens with one attached hydrogen (secondary N) is 3. The number of amides is 3. The molecule has 0 unspecified atom stereocenters. The van der Waals surface area contributed by atoms with Crippen LogP contribution in [-0.4, -0.2) is 47.7 Å². The zero-order valence-electron chi connectivity index (χ0n) is 11.3. The molecule has 0 bridgehead atoms. The van der Waals surface area contributed by atoms with Crippen LogP contribution in [0.15, 0.2) is 5.10 Å². The van der Waals surface area contributed by atoms with E-state index in [2.05, 4.69) is 15.7 Å². The summed E-state index contributed by atoms with van der Waals surface area (Å²) in [6.45, 7) is 4.96. The second kappa shape index (κ2) is 9.03. The van der Waals surface area contributed by atoms with Crippen molar-refractivity contribution in [2.24, 2.45) is 5.10 Å². The van der Waals surface area contributed by atoms with Crippen molar-refractivity contribution in [3.8, 4) is 0 Å². The largest absolute Gasteiger partial charge is 0.395 e. The molecule has 0 heterocycles. The Bertz CT molecular complexity index is 366. The summed E-state index contributed by atoms with van der Waals surface area (Å²) < 4.78 is 0. The Morgan fingerprint density at radius 1 is 1.21 bits per heavy atom. The fraction of sp³-hybridized carbons (Fsp3) is 0.636. The van der Waals surface area contributed by atoms with E-state index >= 15 is 0 Å². The zero-order valence-corrected chi connectivity index (χ0v) is 11.3. The quantitative estimate of drug-likeness (QED) is 0.267. The van der Waals surface area contributed by atoms with E-state index in [4.69, 9.17) is 5.11 Å². The van der Waals surface area contributed by atoms with Crippen molar-refractivity contribution in [3.05, 3.63) is 0 Å². The van der Waals surface area contributed by atoms with Crippen LogP contribution in [-0.2, 0) is 14.4 Å². The Morgan fingerprint density at radius 2 is 1.84 bits per heavy atom. The number of carbonyl (C=O) groups excluding carboxylic acids is 3. The third-order valence-electron chi connectivity index (χ3n) is 1.82. The van der Waals surface area contributed by atoms with Gasteiger partial charge in [-0.3, -0.25) is 14.4 Å². The van der Waals surface area contributed by atoms with E-state index in [0.717, 1.165) is 0 Å². The second-order valence-corrected chi connectivity index (χ2v) is 4.17. The molecule has 19 heavy (non-hydrogen) atoms. The van der Waals surface area contributed by atoms with Crippen molar-refractivity contribution in [1.29, 1.82) is 0 Å². The minimum Gasteiger partial charge on any atom is -0.395 e. The van der Waals surface area contributed by atoms with E-state index < -0.39 is 11.8 Å². The van der Waals surface area contributed by atoms with Crippen LogP contribution >= 0.6 is 0 Å². The van der Waals surface area contributed by atoms with Crippen LogP contribution < -0.4 is 16.1 Å². The SMILES string of the molecule is C/C(CC(=O)NC(C)C)=N\NC(=O)C(=O)NCCO. The number of rotatable bonds is 6. The molecule has 8 nitrogen and oxygen atoms in total. The molecule has 0 rings (SSSR count).